The van der Waals surface area contributed by atoms with Crippen LogP contribution in [0.2, 0.25) is 0 Å². The second-order valence-electron chi connectivity index (χ2n) is 14.8. The van der Waals surface area contributed by atoms with Crippen LogP contribution < -0.4 is 28.7 Å². The molecule has 16 N–H and O–H groups in total. The smallest absolute Gasteiger partial charge is 0.187 e. The first-order chi connectivity index (χ1) is 26.4. The molecule has 0 radical (unpaired) electrons. The minimum Gasteiger partial charge on any atom is -0.394 e. The fourth-order valence-electron chi connectivity index (χ4n) is 7.84. The number of hydrogen-bond donors (Lipinski definition) is 11. The lowest BCUT2D eigenvalue weighted by Crippen LogP contribution is -2.69. The Kier molecular flexibility index (Phi) is 12.8. The fourth-order valence-corrected chi connectivity index (χ4v) is 7.84. The van der Waals surface area contributed by atoms with Gasteiger partial charge in [-0.2, -0.15) is 0 Å². The molecule has 2 aromatic carbocycles. The van der Waals surface area contributed by atoms with Crippen molar-refractivity contribution in [2.75, 3.05) is 19.8 Å². The third kappa shape index (κ3) is 8.21. The van der Waals surface area contributed by atoms with Crippen LogP contribution in [0.3, 0.4) is 0 Å². The van der Waals surface area contributed by atoms with Gasteiger partial charge in [0.2, 0.25) is 0 Å². The van der Waals surface area contributed by atoms with E-state index in [4.69, 9.17) is 66.6 Å². The van der Waals surface area contributed by atoms with E-state index in [1.54, 1.807) is 0 Å². The Bertz CT molecular complexity index is 1530. The number of benzene rings is 2. The highest BCUT2D eigenvalue weighted by Gasteiger charge is 2.55. The molecule has 0 aromatic heterocycles. The number of fused-ring (bicyclic) bond motifs is 1. The molecule has 19 nitrogen and oxygen atoms in total. The van der Waals surface area contributed by atoms with Crippen molar-refractivity contribution in [3.05, 3.63) is 60.2 Å². The zero-order valence-electron chi connectivity index (χ0n) is 29.9. The Hall–Kier alpha value is -2.32. The van der Waals surface area contributed by atoms with Crippen LogP contribution in [0.25, 0.3) is 11.1 Å². The Morgan fingerprint density at radius 3 is 1.91 bits per heavy atom. The van der Waals surface area contributed by atoms with Crippen molar-refractivity contribution in [3.8, 4) is 11.1 Å². The third-order valence-corrected chi connectivity index (χ3v) is 11.1. The number of rotatable bonds is 10. The van der Waals surface area contributed by atoms with Gasteiger partial charge in [0.15, 0.2) is 25.2 Å². The largest absolute Gasteiger partial charge is 0.394 e. The Balaban J connectivity index is 1.01. The maximum absolute atomic E-state index is 11.4. The molecule has 1 aliphatic carbocycles. The van der Waals surface area contributed by atoms with E-state index < -0.39 is 129 Å². The zero-order chi connectivity index (χ0) is 39.1. The van der Waals surface area contributed by atoms with E-state index in [-0.39, 0.29) is 19.6 Å². The van der Waals surface area contributed by atoms with Crippen LogP contribution in [-0.2, 0) is 37.9 Å². The lowest BCUT2D eigenvalue weighted by Gasteiger charge is -2.49. The number of ether oxygens (including phenoxy) is 8. The van der Waals surface area contributed by atoms with Crippen LogP contribution in [0.5, 0.6) is 0 Å². The van der Waals surface area contributed by atoms with Gasteiger partial charge in [0, 0.05) is 24.2 Å². The summed E-state index contributed by atoms with van der Waals surface area (Å²) in [6, 6.07) is 13.5. The van der Waals surface area contributed by atoms with Crippen molar-refractivity contribution >= 4 is 0 Å². The summed E-state index contributed by atoms with van der Waals surface area (Å²) in [5.41, 5.74) is 33.7. The van der Waals surface area contributed by atoms with Gasteiger partial charge in [0.05, 0.1) is 31.4 Å². The first kappa shape index (κ1) is 40.9. The summed E-state index contributed by atoms with van der Waals surface area (Å²) in [5, 5.41) is 64.7. The molecule has 20 atom stereocenters. The maximum Gasteiger partial charge on any atom is 0.187 e. The van der Waals surface area contributed by atoms with E-state index in [9.17, 15) is 30.6 Å². The molecule has 4 saturated heterocycles. The monoisotopic (exact) mass is 779 g/mol. The Labute approximate surface area is 317 Å². The molecule has 306 valence electrons. The molecule has 2 aromatic rings. The standard InChI is InChI=1S/C36H53N5O14/c37-11-19-25(44)26(45)22(40)34(49-19)54-30-20(12-42)50-36(28(30)47)55-32-24(43)17(38)10-18(39)29(32)52-35-23(41)27(46)31-21(51-35)13-48-33(53-31)16-8-6-15(7-9-16)14-4-2-1-3-5-14/h1-9,17-36,42-47H,10-13,37-41H2/t17-,18+,19+,20+,21+,22-,23+,24+,25-,26-,27+,28+,29-,30+,31+,32-,33+,34-,35+,36-/m0/s1. The van der Waals surface area contributed by atoms with Crippen molar-refractivity contribution in [1.82, 2.24) is 0 Å². The molecule has 5 fully saturated rings. The second kappa shape index (κ2) is 17.3. The van der Waals surface area contributed by atoms with Gasteiger partial charge in [-0.25, -0.2) is 0 Å². The predicted molar refractivity (Wildman–Crippen MR) is 189 cm³/mol. The first-order valence-corrected chi connectivity index (χ1v) is 18.5. The van der Waals surface area contributed by atoms with Crippen LogP contribution >= 0.6 is 0 Å². The fraction of sp³-hybridized carbons (Fsp3) is 0.667. The molecule has 0 bridgehead atoms. The average Bonchev–Trinajstić information content (AvgIpc) is 3.50. The van der Waals surface area contributed by atoms with Gasteiger partial charge in [0.1, 0.15) is 67.1 Å². The van der Waals surface area contributed by atoms with E-state index >= 15 is 0 Å². The topological polar surface area (TPSA) is 325 Å². The Morgan fingerprint density at radius 2 is 1.22 bits per heavy atom. The van der Waals surface area contributed by atoms with Crippen molar-refractivity contribution in [2.24, 2.45) is 28.7 Å². The number of nitrogens with two attached hydrogens (primary N) is 5. The van der Waals surface area contributed by atoms with Crippen molar-refractivity contribution in [1.29, 1.82) is 0 Å². The van der Waals surface area contributed by atoms with Crippen molar-refractivity contribution < 1.29 is 68.5 Å². The van der Waals surface area contributed by atoms with E-state index in [1.807, 2.05) is 54.6 Å². The molecule has 7 rings (SSSR count). The third-order valence-electron chi connectivity index (χ3n) is 11.1. The van der Waals surface area contributed by atoms with Gasteiger partial charge < -0.3 is 97.2 Å². The van der Waals surface area contributed by atoms with Crippen molar-refractivity contribution in [3.63, 3.8) is 0 Å². The molecule has 0 spiro atoms. The zero-order valence-corrected chi connectivity index (χ0v) is 29.9. The molecule has 19 heteroatoms. The van der Waals surface area contributed by atoms with Gasteiger partial charge in [-0.05, 0) is 17.5 Å². The summed E-state index contributed by atoms with van der Waals surface area (Å²) in [6.45, 7) is -0.773. The number of hydrogen-bond acceptors (Lipinski definition) is 19. The molecule has 4 heterocycles. The molecule has 0 amide bonds. The molecule has 5 aliphatic rings. The number of aliphatic hydroxyl groups is 6. The average molecular weight is 780 g/mol. The van der Waals surface area contributed by atoms with E-state index in [2.05, 4.69) is 0 Å². The summed E-state index contributed by atoms with van der Waals surface area (Å²) >= 11 is 0. The summed E-state index contributed by atoms with van der Waals surface area (Å²) in [4.78, 5) is 0. The summed E-state index contributed by atoms with van der Waals surface area (Å²) < 4.78 is 48.1. The summed E-state index contributed by atoms with van der Waals surface area (Å²) in [5.74, 6) is 0. The lowest BCUT2D eigenvalue weighted by atomic mass is 9.84. The van der Waals surface area contributed by atoms with Crippen LogP contribution in [0.4, 0.5) is 0 Å². The van der Waals surface area contributed by atoms with Gasteiger partial charge in [-0.3, -0.25) is 0 Å². The molecule has 55 heavy (non-hydrogen) atoms. The van der Waals surface area contributed by atoms with E-state index in [0.29, 0.717) is 0 Å². The highest BCUT2D eigenvalue weighted by Crippen LogP contribution is 2.37. The van der Waals surface area contributed by atoms with Crippen molar-refractivity contribution in [2.45, 2.75) is 129 Å². The highest BCUT2D eigenvalue weighted by molar-refractivity contribution is 5.63. The van der Waals surface area contributed by atoms with Crippen LogP contribution in [0.15, 0.2) is 54.6 Å². The van der Waals surface area contributed by atoms with Crippen LogP contribution in [0, 0.1) is 0 Å². The minimum atomic E-state index is -1.61. The molecule has 4 aliphatic heterocycles. The molecular formula is C36H53N5O14. The second-order valence-corrected chi connectivity index (χ2v) is 14.8. The molecule has 1 saturated carbocycles. The Morgan fingerprint density at radius 1 is 0.600 bits per heavy atom. The maximum atomic E-state index is 11.4. The minimum absolute atomic E-state index is 0.0337. The van der Waals surface area contributed by atoms with Gasteiger partial charge in [-0.15, -0.1) is 0 Å². The van der Waals surface area contributed by atoms with E-state index in [1.165, 1.54) is 0 Å². The molecule has 0 unspecified atom stereocenters. The van der Waals surface area contributed by atoms with E-state index in [0.717, 1.165) is 16.7 Å². The van der Waals surface area contributed by atoms with Gasteiger partial charge in [-0.1, -0.05) is 54.6 Å². The van der Waals surface area contributed by atoms with Gasteiger partial charge in [0.25, 0.3) is 0 Å². The van der Waals surface area contributed by atoms with Crippen LogP contribution in [0.1, 0.15) is 18.3 Å². The number of aliphatic hydroxyl groups excluding tert-OH is 6. The first-order valence-electron chi connectivity index (χ1n) is 18.5. The van der Waals surface area contributed by atoms with Gasteiger partial charge >= 0.3 is 0 Å². The molecular weight excluding hydrogens is 726 g/mol. The summed E-state index contributed by atoms with van der Waals surface area (Å²) in [7, 11) is 0. The SMILES string of the molecule is NC[C@H]1O[C@@H](O[C@H]2[C@@H](O)[C@H](O[C@H]3[C@H](O)[C@@H](N)C[C@@H](N)[C@@H]3O[C@H]3O[C@@H]4CO[C@@H](c5ccc(-c6ccccc6)cc5)O[C@H]4[C@H](O)[C@H]3N)O[C@@H]2CO)[C@@H](N)[C@H](O)[C@H]1O. The predicted octanol–water partition coefficient (Wildman–Crippen LogP) is -4.43. The lowest BCUT2D eigenvalue weighted by molar-refractivity contribution is -0.356. The van der Waals surface area contributed by atoms with Crippen LogP contribution in [-0.4, -0.2) is 167 Å². The summed E-state index contributed by atoms with van der Waals surface area (Å²) in [6.07, 6.45) is -19.6. The highest BCUT2D eigenvalue weighted by atomic mass is 16.8. The normalized spacial score (nSPS) is 46.3. The quantitative estimate of drug-likeness (QED) is 0.108.